The van der Waals surface area contributed by atoms with Crippen molar-refractivity contribution in [1.29, 1.82) is 0 Å². The molecule has 1 aliphatic heterocycles. The molecule has 3 aromatic rings. The summed E-state index contributed by atoms with van der Waals surface area (Å²) in [6.45, 7) is 0.257. The number of carbonyl (C=O) groups excluding carboxylic acids is 1. The molecule has 8 heteroatoms. The lowest BCUT2D eigenvalue weighted by Crippen LogP contribution is -2.28. The predicted molar refractivity (Wildman–Crippen MR) is 112 cm³/mol. The van der Waals surface area contributed by atoms with Crippen LogP contribution >= 0.6 is 11.8 Å². The monoisotopic (exact) mass is 404 g/mol. The van der Waals surface area contributed by atoms with Gasteiger partial charge in [0.25, 0.3) is 5.91 Å². The minimum absolute atomic E-state index is 0.170. The fraction of sp³-hybridized carbons (Fsp3) is 0.0476. The zero-order chi connectivity index (χ0) is 20.1. The summed E-state index contributed by atoms with van der Waals surface area (Å²) in [6, 6.07) is 13.9. The Morgan fingerprint density at radius 3 is 2.72 bits per heavy atom. The summed E-state index contributed by atoms with van der Waals surface area (Å²) in [7, 11) is 0. The highest BCUT2D eigenvalue weighted by Crippen LogP contribution is 2.34. The summed E-state index contributed by atoms with van der Waals surface area (Å²) in [5.41, 5.74) is 1.61. The molecule has 1 fully saturated rings. The van der Waals surface area contributed by atoms with E-state index in [4.69, 9.17) is 4.42 Å². The Kier molecular flexibility index (Phi) is 5.53. The molecule has 7 nitrogen and oxygen atoms in total. The maximum atomic E-state index is 12.9. The molecule has 1 N–H and O–H groups in total. The second kappa shape index (κ2) is 8.57. The minimum Gasteiger partial charge on any atom is -0.508 e. The van der Waals surface area contributed by atoms with E-state index in [1.807, 2.05) is 12.1 Å². The topological polar surface area (TPSA) is 91.3 Å². The molecule has 1 saturated heterocycles. The zero-order valence-electron chi connectivity index (χ0n) is 15.2. The number of benzene rings is 1. The van der Waals surface area contributed by atoms with E-state index in [9.17, 15) is 9.90 Å². The summed E-state index contributed by atoms with van der Waals surface area (Å²) >= 11 is 1.24. The van der Waals surface area contributed by atoms with Crippen LogP contribution in [0.5, 0.6) is 5.75 Å². The molecule has 0 saturated carbocycles. The van der Waals surface area contributed by atoms with Crippen LogP contribution in [0.2, 0.25) is 0 Å². The molecule has 3 heterocycles. The fourth-order valence-electron chi connectivity index (χ4n) is 2.60. The molecule has 1 aliphatic rings. The van der Waals surface area contributed by atoms with E-state index < -0.39 is 0 Å². The zero-order valence-corrected chi connectivity index (χ0v) is 16.0. The highest BCUT2D eigenvalue weighted by Gasteiger charge is 2.34. The third-order valence-electron chi connectivity index (χ3n) is 4.01. The maximum absolute atomic E-state index is 12.9. The molecule has 29 heavy (non-hydrogen) atoms. The van der Waals surface area contributed by atoms with E-state index in [1.54, 1.807) is 67.3 Å². The van der Waals surface area contributed by atoms with E-state index in [0.717, 1.165) is 11.1 Å². The Morgan fingerprint density at radius 1 is 1.14 bits per heavy atom. The number of hydrogen-bond donors (Lipinski definition) is 1. The number of nitrogens with zero attached hydrogens (tertiary/aromatic N) is 4. The molecule has 0 unspecified atom stereocenters. The van der Waals surface area contributed by atoms with Crippen LogP contribution in [0.3, 0.4) is 0 Å². The molecule has 0 atom stereocenters. The van der Waals surface area contributed by atoms with E-state index >= 15 is 0 Å². The number of aromatic hydroxyl groups is 1. The summed E-state index contributed by atoms with van der Waals surface area (Å²) in [5.74, 6) is 0.632. The van der Waals surface area contributed by atoms with Crippen molar-refractivity contribution in [2.75, 3.05) is 0 Å². The Hall–Kier alpha value is -3.65. The van der Waals surface area contributed by atoms with Crippen molar-refractivity contribution < 1.29 is 14.3 Å². The summed E-state index contributed by atoms with van der Waals surface area (Å²) in [5, 5.41) is 18.2. The Balaban J connectivity index is 1.61. The van der Waals surface area contributed by atoms with Gasteiger partial charge < -0.3 is 9.52 Å². The number of rotatable bonds is 5. The van der Waals surface area contributed by atoms with Gasteiger partial charge in [-0.1, -0.05) is 18.2 Å². The molecule has 2 aromatic heterocycles. The highest BCUT2D eigenvalue weighted by atomic mass is 32.2. The van der Waals surface area contributed by atoms with Gasteiger partial charge in [0, 0.05) is 18.0 Å². The van der Waals surface area contributed by atoms with Gasteiger partial charge >= 0.3 is 0 Å². The number of hydrogen-bond acceptors (Lipinski definition) is 7. The average molecular weight is 404 g/mol. The molecule has 0 spiro atoms. The Morgan fingerprint density at radius 2 is 2.00 bits per heavy atom. The van der Waals surface area contributed by atoms with Crippen molar-refractivity contribution in [2.24, 2.45) is 10.2 Å². The standard InChI is InChI=1S/C21H16N4O3S/c26-17-7-5-15(6-8-17)11-19-20(27)25(14-18-4-2-10-28-18)21(29-19)24-23-13-16-3-1-9-22-12-16/h1-13,26H,14H2/b19-11-,23-13+,24-21-. The van der Waals surface area contributed by atoms with Crippen molar-refractivity contribution in [2.45, 2.75) is 6.54 Å². The second-order valence-corrected chi connectivity index (χ2v) is 7.10. The molecule has 144 valence electrons. The highest BCUT2D eigenvalue weighted by molar-refractivity contribution is 8.18. The van der Waals surface area contributed by atoms with Crippen molar-refractivity contribution in [1.82, 2.24) is 9.88 Å². The number of amidine groups is 1. The van der Waals surface area contributed by atoms with E-state index in [2.05, 4.69) is 15.2 Å². The Labute approximate surface area is 171 Å². The van der Waals surface area contributed by atoms with Crippen LogP contribution in [-0.2, 0) is 11.3 Å². The van der Waals surface area contributed by atoms with Crippen LogP contribution in [0.25, 0.3) is 6.08 Å². The van der Waals surface area contributed by atoms with Crippen molar-refractivity contribution in [3.05, 3.63) is 89.0 Å². The van der Waals surface area contributed by atoms with E-state index in [1.165, 1.54) is 16.7 Å². The largest absolute Gasteiger partial charge is 0.508 e. The van der Waals surface area contributed by atoms with Gasteiger partial charge in [-0.15, -0.1) is 5.10 Å². The number of thioether (sulfide) groups is 1. The van der Waals surface area contributed by atoms with Crippen LogP contribution in [-0.4, -0.2) is 32.3 Å². The number of pyridine rings is 1. The number of aromatic nitrogens is 1. The second-order valence-electron chi connectivity index (χ2n) is 6.09. The third kappa shape index (κ3) is 4.61. The molecule has 4 rings (SSSR count). The van der Waals surface area contributed by atoms with Gasteiger partial charge in [0.15, 0.2) is 5.17 Å². The number of carbonyl (C=O) groups is 1. The van der Waals surface area contributed by atoms with Gasteiger partial charge in [-0.2, -0.15) is 5.10 Å². The lowest BCUT2D eigenvalue weighted by molar-refractivity contribution is -0.122. The molecular formula is C21H16N4O3S. The lowest BCUT2D eigenvalue weighted by Gasteiger charge is -2.12. The molecule has 0 bridgehead atoms. The van der Waals surface area contributed by atoms with Gasteiger partial charge in [-0.25, -0.2) is 0 Å². The van der Waals surface area contributed by atoms with Gasteiger partial charge in [-0.05, 0) is 53.7 Å². The van der Waals surface area contributed by atoms with Crippen LogP contribution < -0.4 is 0 Å². The molecule has 0 radical (unpaired) electrons. The van der Waals surface area contributed by atoms with Crippen LogP contribution in [0.4, 0.5) is 0 Å². The van der Waals surface area contributed by atoms with Crippen molar-refractivity contribution >= 4 is 35.1 Å². The van der Waals surface area contributed by atoms with Crippen LogP contribution in [0, 0.1) is 0 Å². The first kappa shape index (κ1) is 18.7. The van der Waals surface area contributed by atoms with Crippen LogP contribution in [0.1, 0.15) is 16.9 Å². The number of furan rings is 1. The quantitative estimate of drug-likeness (QED) is 0.396. The fourth-order valence-corrected chi connectivity index (χ4v) is 3.53. The van der Waals surface area contributed by atoms with Gasteiger partial charge in [-0.3, -0.25) is 14.7 Å². The first-order valence-corrected chi connectivity index (χ1v) is 9.54. The average Bonchev–Trinajstić information content (AvgIpc) is 3.35. The number of amides is 1. The molecule has 1 aromatic carbocycles. The van der Waals surface area contributed by atoms with Gasteiger partial charge in [0.05, 0.1) is 23.9 Å². The predicted octanol–water partition coefficient (Wildman–Crippen LogP) is 3.89. The minimum atomic E-state index is -0.185. The Bertz CT molecular complexity index is 1070. The normalized spacial score (nSPS) is 17.1. The van der Waals surface area contributed by atoms with Crippen LogP contribution in [0.15, 0.2) is 86.7 Å². The van der Waals surface area contributed by atoms with E-state index in [-0.39, 0.29) is 18.2 Å². The molecule has 1 amide bonds. The van der Waals surface area contributed by atoms with Crippen molar-refractivity contribution in [3.8, 4) is 5.75 Å². The van der Waals surface area contributed by atoms with Gasteiger partial charge in [0.1, 0.15) is 11.5 Å². The smallest absolute Gasteiger partial charge is 0.267 e. The first-order valence-electron chi connectivity index (χ1n) is 8.73. The van der Waals surface area contributed by atoms with Crippen molar-refractivity contribution in [3.63, 3.8) is 0 Å². The number of phenolic OH excluding ortho intramolecular Hbond substituents is 1. The summed E-state index contributed by atoms with van der Waals surface area (Å²) in [4.78, 5) is 19.0. The molecular weight excluding hydrogens is 388 g/mol. The SMILES string of the molecule is O=C1/C(=C/c2ccc(O)cc2)S/C(=N\N=C\c2cccnc2)N1Cc1ccco1. The van der Waals surface area contributed by atoms with Gasteiger partial charge in [0.2, 0.25) is 0 Å². The maximum Gasteiger partial charge on any atom is 0.267 e. The summed E-state index contributed by atoms with van der Waals surface area (Å²) in [6.07, 6.45) is 8.26. The van der Waals surface area contributed by atoms with E-state index in [0.29, 0.717) is 15.8 Å². The lowest BCUT2D eigenvalue weighted by atomic mass is 10.2. The third-order valence-corrected chi connectivity index (χ3v) is 5.00. The number of phenols is 1. The molecule has 0 aliphatic carbocycles. The first-order chi connectivity index (χ1) is 14.2. The summed E-state index contributed by atoms with van der Waals surface area (Å²) < 4.78 is 5.38.